The van der Waals surface area contributed by atoms with E-state index in [9.17, 15) is 4.79 Å². The molecule has 0 spiro atoms. The first-order valence-corrected chi connectivity index (χ1v) is 7.79. The number of rotatable bonds is 5. The van der Waals surface area contributed by atoms with Crippen molar-refractivity contribution in [1.82, 2.24) is 0 Å². The van der Waals surface area contributed by atoms with E-state index in [1.165, 1.54) is 5.56 Å². The fourth-order valence-corrected chi connectivity index (χ4v) is 2.84. The molecule has 0 saturated carbocycles. The number of aliphatic imine (C=N–C) groups is 1. The zero-order valence-electron chi connectivity index (χ0n) is 13.4. The molecule has 1 aliphatic heterocycles. The van der Waals surface area contributed by atoms with Gasteiger partial charge in [0.15, 0.2) is 0 Å². The molecule has 23 heavy (non-hydrogen) atoms. The van der Waals surface area contributed by atoms with Crippen LogP contribution in [0.4, 0.5) is 5.69 Å². The summed E-state index contributed by atoms with van der Waals surface area (Å²) >= 11 is 0. The maximum Gasteiger partial charge on any atom is 0.231 e. The van der Waals surface area contributed by atoms with E-state index in [0.717, 1.165) is 35.5 Å². The van der Waals surface area contributed by atoms with E-state index >= 15 is 0 Å². The van der Waals surface area contributed by atoms with Crippen molar-refractivity contribution in [2.45, 2.75) is 25.8 Å². The Kier molecular flexibility index (Phi) is 4.42. The van der Waals surface area contributed by atoms with Crippen molar-refractivity contribution in [3.05, 3.63) is 59.2 Å². The molecule has 4 nitrogen and oxygen atoms in total. The van der Waals surface area contributed by atoms with Gasteiger partial charge in [0.1, 0.15) is 5.75 Å². The van der Waals surface area contributed by atoms with Crippen LogP contribution in [-0.4, -0.2) is 19.2 Å². The van der Waals surface area contributed by atoms with Gasteiger partial charge in [0, 0.05) is 11.9 Å². The van der Waals surface area contributed by atoms with Crippen LogP contribution in [0.25, 0.3) is 0 Å². The fraction of sp³-hybridized carbons (Fsp3) is 0.263. The molecule has 0 fully saturated rings. The molecule has 0 bridgehead atoms. The number of nitrogens with one attached hydrogen (secondary N) is 1. The average Bonchev–Trinajstić information content (AvgIpc) is 3.03. The predicted octanol–water partition coefficient (Wildman–Crippen LogP) is 3.76. The number of ether oxygens (including phenoxy) is 1. The van der Waals surface area contributed by atoms with E-state index in [2.05, 4.69) is 10.3 Å². The lowest BCUT2D eigenvalue weighted by atomic mass is 9.95. The van der Waals surface area contributed by atoms with Crippen LogP contribution < -0.4 is 10.1 Å². The highest BCUT2D eigenvalue weighted by molar-refractivity contribution is 5.97. The number of fused-ring (bicyclic) bond motifs is 1. The average molecular weight is 308 g/mol. The number of hydrogen-bond donors (Lipinski definition) is 1. The molecule has 1 heterocycles. The Morgan fingerprint density at radius 1 is 1.30 bits per heavy atom. The number of hydrogen-bond acceptors (Lipinski definition) is 3. The number of anilines is 1. The topological polar surface area (TPSA) is 50.7 Å². The molecule has 3 rings (SSSR count). The van der Waals surface area contributed by atoms with Gasteiger partial charge < -0.3 is 10.1 Å². The molecule has 0 saturated heterocycles. The summed E-state index contributed by atoms with van der Waals surface area (Å²) in [7, 11) is 1.63. The molecule has 1 atom stereocenters. The number of carbonyl (C=O) groups excluding carboxylic acids is 1. The van der Waals surface area contributed by atoms with Crippen LogP contribution in [0.3, 0.4) is 0 Å². The maximum atomic E-state index is 12.7. The molecule has 0 radical (unpaired) electrons. The Labute approximate surface area is 136 Å². The van der Waals surface area contributed by atoms with Crippen LogP contribution in [0.5, 0.6) is 5.75 Å². The lowest BCUT2D eigenvalue weighted by Gasteiger charge is -2.16. The number of benzene rings is 2. The van der Waals surface area contributed by atoms with Gasteiger partial charge in [0.25, 0.3) is 0 Å². The summed E-state index contributed by atoms with van der Waals surface area (Å²) < 4.78 is 5.25. The highest BCUT2D eigenvalue weighted by atomic mass is 16.5. The van der Waals surface area contributed by atoms with Crippen LogP contribution in [0, 0.1) is 0 Å². The van der Waals surface area contributed by atoms with Crippen molar-refractivity contribution < 1.29 is 9.53 Å². The molecule has 1 aliphatic rings. The fourth-order valence-electron chi connectivity index (χ4n) is 2.84. The van der Waals surface area contributed by atoms with E-state index in [1.54, 1.807) is 7.11 Å². The number of nitrogens with zero attached hydrogens (tertiary/aromatic N) is 1. The summed E-state index contributed by atoms with van der Waals surface area (Å²) in [4.78, 5) is 16.9. The van der Waals surface area contributed by atoms with Gasteiger partial charge >= 0.3 is 0 Å². The summed E-state index contributed by atoms with van der Waals surface area (Å²) in [6.45, 7) is 2.74. The van der Waals surface area contributed by atoms with E-state index in [-0.39, 0.29) is 11.8 Å². The molecule has 2 aromatic carbocycles. The second-order valence-corrected chi connectivity index (χ2v) is 5.61. The van der Waals surface area contributed by atoms with Gasteiger partial charge in [-0.3, -0.25) is 9.79 Å². The standard InChI is InChI=1S/C19H20N2O2/c1-3-18(13-5-4-6-17(10-13)23-2)19(22)21-16-8-7-14-11-20-12-15(14)9-16/h4-10,12,18H,3,11H2,1-2H3,(H,21,22). The molecule has 4 heteroatoms. The first-order valence-electron chi connectivity index (χ1n) is 7.79. The van der Waals surface area contributed by atoms with Gasteiger partial charge in [-0.15, -0.1) is 0 Å². The van der Waals surface area contributed by atoms with Gasteiger partial charge in [0.2, 0.25) is 5.91 Å². The van der Waals surface area contributed by atoms with Gasteiger partial charge in [0.05, 0.1) is 19.6 Å². The van der Waals surface area contributed by atoms with Crippen molar-refractivity contribution in [3.8, 4) is 5.75 Å². The zero-order chi connectivity index (χ0) is 16.2. The maximum absolute atomic E-state index is 12.7. The van der Waals surface area contributed by atoms with E-state index in [1.807, 2.05) is 55.6 Å². The first-order chi connectivity index (χ1) is 11.2. The lowest BCUT2D eigenvalue weighted by Crippen LogP contribution is -2.20. The second kappa shape index (κ2) is 6.65. The Balaban J connectivity index is 1.78. The molecule has 1 N–H and O–H groups in total. The van der Waals surface area contributed by atoms with Gasteiger partial charge in [-0.2, -0.15) is 0 Å². The SMILES string of the molecule is CCC(C(=O)Nc1ccc2c(c1)C=NC2)c1cccc(OC)c1. The van der Waals surface area contributed by atoms with Crippen molar-refractivity contribution in [1.29, 1.82) is 0 Å². The third kappa shape index (κ3) is 3.26. The van der Waals surface area contributed by atoms with Gasteiger partial charge in [-0.05, 0) is 47.4 Å². The van der Waals surface area contributed by atoms with Crippen molar-refractivity contribution >= 4 is 17.8 Å². The molecular weight excluding hydrogens is 288 g/mol. The Hall–Kier alpha value is -2.62. The second-order valence-electron chi connectivity index (χ2n) is 5.61. The largest absolute Gasteiger partial charge is 0.497 e. The predicted molar refractivity (Wildman–Crippen MR) is 92.4 cm³/mol. The van der Waals surface area contributed by atoms with E-state index in [0.29, 0.717) is 0 Å². The quantitative estimate of drug-likeness (QED) is 0.914. The molecule has 2 aromatic rings. The summed E-state index contributed by atoms with van der Waals surface area (Å²) in [6.07, 6.45) is 2.58. The normalized spacial score (nSPS) is 13.5. The lowest BCUT2D eigenvalue weighted by molar-refractivity contribution is -0.117. The van der Waals surface area contributed by atoms with E-state index in [4.69, 9.17) is 4.74 Å². The summed E-state index contributed by atoms with van der Waals surface area (Å²) in [5, 5.41) is 3.02. The van der Waals surface area contributed by atoms with E-state index < -0.39 is 0 Å². The molecule has 118 valence electrons. The van der Waals surface area contributed by atoms with Crippen molar-refractivity contribution in [3.63, 3.8) is 0 Å². The highest BCUT2D eigenvalue weighted by Crippen LogP contribution is 2.26. The Morgan fingerprint density at radius 2 is 2.17 bits per heavy atom. The molecule has 0 aliphatic carbocycles. The molecule has 1 amide bonds. The van der Waals surface area contributed by atoms with Crippen LogP contribution in [0.2, 0.25) is 0 Å². The summed E-state index contributed by atoms with van der Waals surface area (Å²) in [5.41, 5.74) is 4.05. The highest BCUT2D eigenvalue weighted by Gasteiger charge is 2.20. The minimum atomic E-state index is -0.202. The van der Waals surface area contributed by atoms with Crippen LogP contribution >= 0.6 is 0 Å². The minimum Gasteiger partial charge on any atom is -0.497 e. The zero-order valence-corrected chi connectivity index (χ0v) is 13.4. The van der Waals surface area contributed by atoms with Gasteiger partial charge in [-0.1, -0.05) is 25.1 Å². The molecule has 0 aromatic heterocycles. The Morgan fingerprint density at radius 3 is 2.96 bits per heavy atom. The summed E-state index contributed by atoms with van der Waals surface area (Å²) in [5.74, 6) is 0.560. The minimum absolute atomic E-state index is 0.00404. The monoisotopic (exact) mass is 308 g/mol. The van der Waals surface area contributed by atoms with Crippen LogP contribution in [0.1, 0.15) is 36.0 Å². The first kappa shape index (κ1) is 15.3. The number of amides is 1. The third-order valence-corrected chi connectivity index (χ3v) is 4.13. The molecule has 1 unspecified atom stereocenters. The van der Waals surface area contributed by atoms with Crippen LogP contribution in [-0.2, 0) is 11.3 Å². The van der Waals surface area contributed by atoms with Crippen molar-refractivity contribution in [2.75, 3.05) is 12.4 Å². The smallest absolute Gasteiger partial charge is 0.231 e. The molecular formula is C19H20N2O2. The number of carbonyl (C=O) groups is 1. The number of methoxy groups -OCH3 is 1. The van der Waals surface area contributed by atoms with Crippen molar-refractivity contribution in [2.24, 2.45) is 4.99 Å². The Bertz CT molecular complexity index is 753. The third-order valence-electron chi connectivity index (χ3n) is 4.13. The van der Waals surface area contributed by atoms with Gasteiger partial charge in [-0.25, -0.2) is 0 Å². The summed E-state index contributed by atoms with van der Waals surface area (Å²) in [6, 6.07) is 13.6. The van der Waals surface area contributed by atoms with Crippen LogP contribution in [0.15, 0.2) is 47.5 Å².